The second-order valence-corrected chi connectivity index (χ2v) is 7.00. The molecule has 3 N–H and O–H groups in total. The largest absolute Gasteiger partial charge is 0.573 e. The van der Waals surface area contributed by atoms with Gasteiger partial charge in [0, 0.05) is 42.6 Å². The average Bonchev–Trinajstić information content (AvgIpc) is 3.15. The van der Waals surface area contributed by atoms with Gasteiger partial charge in [0.2, 0.25) is 0 Å². The zero-order valence-electron chi connectivity index (χ0n) is 15.4. The van der Waals surface area contributed by atoms with E-state index in [0.29, 0.717) is 19.0 Å². The van der Waals surface area contributed by atoms with Crippen LogP contribution in [0.1, 0.15) is 34.7 Å². The summed E-state index contributed by atoms with van der Waals surface area (Å²) < 4.78 is 40.8. The minimum absolute atomic E-state index is 0.0398. The van der Waals surface area contributed by atoms with E-state index in [1.54, 1.807) is 11.1 Å². The van der Waals surface area contributed by atoms with E-state index >= 15 is 0 Å². The van der Waals surface area contributed by atoms with E-state index < -0.39 is 12.1 Å². The zero-order chi connectivity index (χ0) is 20.6. The zero-order valence-corrected chi connectivity index (χ0v) is 15.4. The predicted molar refractivity (Wildman–Crippen MR) is 102 cm³/mol. The minimum atomic E-state index is -4.81. The van der Waals surface area contributed by atoms with Crippen molar-refractivity contribution in [3.8, 4) is 5.75 Å². The fourth-order valence-corrected chi connectivity index (χ4v) is 3.83. The molecule has 1 saturated heterocycles. The number of rotatable bonds is 3. The van der Waals surface area contributed by atoms with Crippen LogP contribution in [0.2, 0.25) is 0 Å². The normalized spacial score (nSPS) is 15.6. The Balaban J connectivity index is 1.45. The van der Waals surface area contributed by atoms with Gasteiger partial charge in [0.25, 0.3) is 5.91 Å². The first-order valence-corrected chi connectivity index (χ1v) is 9.18. The number of nitrogens with one attached hydrogen (secondary N) is 1. The standard InChI is InChI=1S/C20H19F3N4O2/c21-20(22,23)29-13-1-2-16(17(24)11-13)19(28)27-9-5-12(6-10-27)14-3-7-25-18-15(14)4-8-26-18/h1-4,7-8,11-12H,5-6,9-10,24H2,(H,25,26). The summed E-state index contributed by atoms with van der Waals surface area (Å²) in [5.74, 6) is -0.431. The maximum Gasteiger partial charge on any atom is 0.573 e. The number of anilines is 1. The molecule has 0 bridgehead atoms. The Morgan fingerprint density at radius 1 is 1.21 bits per heavy atom. The van der Waals surface area contributed by atoms with Crippen molar-refractivity contribution in [2.45, 2.75) is 25.1 Å². The van der Waals surface area contributed by atoms with Crippen LogP contribution in [0, 0.1) is 0 Å². The molecule has 0 atom stereocenters. The van der Waals surface area contributed by atoms with Gasteiger partial charge in [-0.3, -0.25) is 4.79 Å². The molecule has 0 saturated carbocycles. The fraction of sp³-hybridized carbons (Fsp3) is 0.300. The first kappa shape index (κ1) is 19.1. The quantitative estimate of drug-likeness (QED) is 0.645. The van der Waals surface area contributed by atoms with Crippen LogP contribution in [-0.2, 0) is 0 Å². The summed E-state index contributed by atoms with van der Waals surface area (Å²) in [6, 6.07) is 7.41. The van der Waals surface area contributed by atoms with Crippen LogP contribution in [0.25, 0.3) is 11.0 Å². The van der Waals surface area contributed by atoms with Gasteiger partial charge in [-0.2, -0.15) is 0 Å². The molecule has 29 heavy (non-hydrogen) atoms. The number of halogens is 3. The Morgan fingerprint density at radius 3 is 2.66 bits per heavy atom. The number of hydrogen-bond donors (Lipinski definition) is 2. The maximum atomic E-state index is 12.8. The first-order chi connectivity index (χ1) is 13.8. The Labute approximate surface area is 164 Å². The molecule has 3 aromatic rings. The van der Waals surface area contributed by atoms with Crippen LogP contribution >= 0.6 is 0 Å². The Hall–Kier alpha value is -3.23. The summed E-state index contributed by atoms with van der Waals surface area (Å²) in [6.07, 6.45) is 0.389. The molecule has 1 aliphatic heterocycles. The van der Waals surface area contributed by atoms with E-state index in [1.165, 1.54) is 11.6 Å². The van der Waals surface area contributed by atoms with Gasteiger partial charge >= 0.3 is 6.36 Å². The number of pyridine rings is 1. The highest BCUT2D eigenvalue weighted by molar-refractivity contribution is 5.99. The number of ether oxygens (including phenoxy) is 1. The number of nitrogens with two attached hydrogens (primary N) is 1. The summed E-state index contributed by atoms with van der Waals surface area (Å²) in [6.45, 7) is 1.08. The molecule has 1 aliphatic rings. The van der Waals surface area contributed by atoms with Crippen molar-refractivity contribution in [2.75, 3.05) is 18.8 Å². The molecule has 152 valence electrons. The van der Waals surface area contributed by atoms with E-state index in [-0.39, 0.29) is 17.2 Å². The highest BCUT2D eigenvalue weighted by atomic mass is 19.4. The number of aromatic amines is 1. The number of carbonyl (C=O) groups is 1. The van der Waals surface area contributed by atoms with Crippen molar-refractivity contribution in [3.05, 3.63) is 53.9 Å². The van der Waals surface area contributed by atoms with E-state index in [1.807, 2.05) is 18.3 Å². The van der Waals surface area contributed by atoms with Crippen LogP contribution in [0.3, 0.4) is 0 Å². The molecule has 1 fully saturated rings. The number of benzene rings is 1. The summed E-state index contributed by atoms with van der Waals surface area (Å²) in [4.78, 5) is 21.9. The van der Waals surface area contributed by atoms with Crippen molar-refractivity contribution in [2.24, 2.45) is 0 Å². The van der Waals surface area contributed by atoms with E-state index in [4.69, 9.17) is 5.73 Å². The van der Waals surface area contributed by atoms with E-state index in [2.05, 4.69) is 14.7 Å². The molecule has 9 heteroatoms. The topological polar surface area (TPSA) is 84.2 Å². The number of hydrogen-bond acceptors (Lipinski definition) is 4. The molecule has 0 spiro atoms. The fourth-order valence-electron chi connectivity index (χ4n) is 3.83. The van der Waals surface area contributed by atoms with Crippen molar-refractivity contribution in [1.29, 1.82) is 0 Å². The van der Waals surface area contributed by atoms with Crippen LogP contribution in [-0.4, -0.2) is 40.2 Å². The molecule has 4 rings (SSSR count). The number of amides is 1. The SMILES string of the molecule is Nc1cc(OC(F)(F)F)ccc1C(=O)N1CCC(c2ccnc3[nH]ccc23)CC1. The van der Waals surface area contributed by atoms with Crippen LogP contribution in [0.5, 0.6) is 5.75 Å². The summed E-state index contributed by atoms with van der Waals surface area (Å²) in [5, 5.41) is 1.08. The summed E-state index contributed by atoms with van der Waals surface area (Å²) in [7, 11) is 0. The van der Waals surface area contributed by atoms with Gasteiger partial charge in [0.15, 0.2) is 0 Å². The van der Waals surface area contributed by atoms with Crippen molar-refractivity contribution < 1.29 is 22.7 Å². The number of alkyl halides is 3. The Morgan fingerprint density at radius 2 is 1.97 bits per heavy atom. The van der Waals surface area contributed by atoms with Gasteiger partial charge in [-0.25, -0.2) is 4.98 Å². The second-order valence-electron chi connectivity index (χ2n) is 7.00. The van der Waals surface area contributed by atoms with Gasteiger partial charge in [0.05, 0.1) is 5.56 Å². The number of fused-ring (bicyclic) bond motifs is 1. The lowest BCUT2D eigenvalue weighted by Crippen LogP contribution is -2.38. The number of carbonyl (C=O) groups excluding carboxylic acids is 1. The minimum Gasteiger partial charge on any atom is -0.406 e. The third kappa shape index (κ3) is 3.98. The lowest BCUT2D eigenvalue weighted by molar-refractivity contribution is -0.274. The van der Waals surface area contributed by atoms with Crippen molar-refractivity contribution >= 4 is 22.6 Å². The van der Waals surface area contributed by atoms with Gasteiger partial charge in [-0.05, 0) is 48.6 Å². The molecule has 1 amide bonds. The summed E-state index contributed by atoms with van der Waals surface area (Å²) in [5.41, 5.74) is 8.00. The van der Waals surface area contributed by atoms with Gasteiger partial charge in [-0.15, -0.1) is 13.2 Å². The molecular weight excluding hydrogens is 385 g/mol. The second kappa shape index (κ2) is 7.31. The number of aromatic nitrogens is 2. The van der Waals surface area contributed by atoms with Crippen LogP contribution in [0.4, 0.5) is 18.9 Å². The third-order valence-corrected chi connectivity index (χ3v) is 5.20. The molecular formula is C20H19F3N4O2. The number of nitrogen functional groups attached to an aromatic ring is 1. The Kier molecular flexibility index (Phi) is 4.81. The number of piperidine rings is 1. The lowest BCUT2D eigenvalue weighted by Gasteiger charge is -2.32. The molecule has 3 heterocycles. The van der Waals surface area contributed by atoms with Gasteiger partial charge in [0.1, 0.15) is 11.4 Å². The first-order valence-electron chi connectivity index (χ1n) is 9.18. The molecule has 1 aromatic carbocycles. The van der Waals surface area contributed by atoms with Crippen LogP contribution in [0.15, 0.2) is 42.7 Å². The lowest BCUT2D eigenvalue weighted by atomic mass is 9.88. The molecule has 6 nitrogen and oxygen atoms in total. The number of likely N-dealkylation sites (tertiary alicyclic amines) is 1. The molecule has 0 unspecified atom stereocenters. The smallest absolute Gasteiger partial charge is 0.406 e. The third-order valence-electron chi connectivity index (χ3n) is 5.20. The molecule has 0 aliphatic carbocycles. The highest BCUT2D eigenvalue weighted by Crippen LogP contribution is 2.33. The highest BCUT2D eigenvalue weighted by Gasteiger charge is 2.32. The van der Waals surface area contributed by atoms with Crippen molar-refractivity contribution in [3.63, 3.8) is 0 Å². The average molecular weight is 404 g/mol. The number of H-pyrrole nitrogens is 1. The predicted octanol–water partition coefficient (Wildman–Crippen LogP) is 4.06. The van der Waals surface area contributed by atoms with Gasteiger partial charge in [-0.1, -0.05) is 0 Å². The molecule has 0 radical (unpaired) electrons. The monoisotopic (exact) mass is 404 g/mol. The summed E-state index contributed by atoms with van der Waals surface area (Å²) >= 11 is 0. The Bertz CT molecular complexity index is 1040. The molecule has 2 aromatic heterocycles. The van der Waals surface area contributed by atoms with E-state index in [9.17, 15) is 18.0 Å². The van der Waals surface area contributed by atoms with E-state index in [0.717, 1.165) is 36.0 Å². The number of nitrogens with zero attached hydrogens (tertiary/aromatic N) is 2. The van der Waals surface area contributed by atoms with Crippen molar-refractivity contribution in [1.82, 2.24) is 14.9 Å². The maximum absolute atomic E-state index is 12.8. The van der Waals surface area contributed by atoms with Crippen LogP contribution < -0.4 is 10.5 Å². The van der Waals surface area contributed by atoms with Gasteiger partial charge < -0.3 is 20.4 Å².